The molecule has 0 atom stereocenters. The second-order valence-electron chi connectivity index (χ2n) is 8.70. The van der Waals surface area contributed by atoms with Gasteiger partial charge in [0.2, 0.25) is 5.91 Å². The molecule has 0 radical (unpaired) electrons. The molecule has 0 saturated heterocycles. The number of carbonyl (C=O) groups excluding carboxylic acids is 2. The molecular formula is C25H24F3N5O3. The summed E-state index contributed by atoms with van der Waals surface area (Å²) in [5.41, 5.74) is 0.609. The highest BCUT2D eigenvalue weighted by Gasteiger charge is 2.31. The van der Waals surface area contributed by atoms with Crippen molar-refractivity contribution in [3.63, 3.8) is 0 Å². The number of nitrogens with zero attached hydrogens (tertiary/aromatic N) is 3. The number of rotatable bonds is 5. The number of fused-ring (bicyclic) bond motifs is 1. The number of pyridine rings is 1. The van der Waals surface area contributed by atoms with Crippen LogP contribution in [0.1, 0.15) is 54.3 Å². The molecule has 3 aromatic heterocycles. The third-order valence-corrected chi connectivity index (χ3v) is 5.52. The van der Waals surface area contributed by atoms with E-state index in [0.717, 1.165) is 18.2 Å². The van der Waals surface area contributed by atoms with Crippen molar-refractivity contribution in [1.29, 1.82) is 0 Å². The van der Waals surface area contributed by atoms with Gasteiger partial charge in [-0.2, -0.15) is 18.3 Å². The smallest absolute Gasteiger partial charge is 0.416 e. The average molecular weight is 499 g/mol. The fourth-order valence-corrected chi connectivity index (χ4v) is 3.92. The Labute approximate surface area is 204 Å². The number of furan rings is 1. The molecule has 4 rings (SSSR count). The van der Waals surface area contributed by atoms with Crippen LogP contribution in [-0.2, 0) is 11.0 Å². The van der Waals surface area contributed by atoms with Gasteiger partial charge in [0.15, 0.2) is 5.65 Å². The van der Waals surface area contributed by atoms with Crippen LogP contribution in [0.4, 0.5) is 24.5 Å². The van der Waals surface area contributed by atoms with Crippen LogP contribution in [0, 0.1) is 13.8 Å². The lowest BCUT2D eigenvalue weighted by atomic mass is 10.1. The lowest BCUT2D eigenvalue weighted by Gasteiger charge is -2.15. The minimum absolute atomic E-state index is 0.0357. The molecule has 2 N–H and O–H groups in total. The fraction of sp³-hybridized carbons (Fsp3) is 0.280. The molecule has 3 heterocycles. The zero-order valence-corrected chi connectivity index (χ0v) is 20.2. The van der Waals surface area contributed by atoms with Crippen molar-refractivity contribution < 1.29 is 27.2 Å². The molecule has 0 spiro atoms. The van der Waals surface area contributed by atoms with E-state index in [-0.39, 0.29) is 23.0 Å². The Morgan fingerprint density at radius 2 is 1.78 bits per heavy atom. The molecule has 0 aliphatic rings. The molecule has 2 amide bonds. The van der Waals surface area contributed by atoms with Gasteiger partial charge in [0, 0.05) is 18.5 Å². The van der Waals surface area contributed by atoms with E-state index in [1.54, 1.807) is 30.7 Å². The summed E-state index contributed by atoms with van der Waals surface area (Å²) in [7, 11) is 0. The number of benzene rings is 1. The van der Waals surface area contributed by atoms with Crippen LogP contribution in [0.5, 0.6) is 0 Å². The molecule has 0 saturated carbocycles. The number of hydrogen-bond donors (Lipinski definition) is 2. The average Bonchev–Trinajstić information content (AvgIpc) is 3.35. The minimum atomic E-state index is -4.64. The molecule has 0 aliphatic heterocycles. The van der Waals surface area contributed by atoms with Gasteiger partial charge < -0.3 is 15.1 Å². The van der Waals surface area contributed by atoms with E-state index in [1.165, 1.54) is 13.1 Å². The summed E-state index contributed by atoms with van der Waals surface area (Å²) in [5.74, 6) is 0.0856. The summed E-state index contributed by atoms with van der Waals surface area (Å²) >= 11 is 0. The highest BCUT2D eigenvalue weighted by atomic mass is 19.4. The summed E-state index contributed by atoms with van der Waals surface area (Å²) in [6, 6.07) is 5.99. The minimum Gasteiger partial charge on any atom is -0.466 e. The maximum atomic E-state index is 13.5. The largest absolute Gasteiger partial charge is 0.466 e. The Morgan fingerprint density at radius 1 is 1.06 bits per heavy atom. The Morgan fingerprint density at radius 3 is 2.36 bits per heavy atom. The van der Waals surface area contributed by atoms with E-state index in [4.69, 9.17) is 9.40 Å². The number of carbonyl (C=O) groups is 2. The molecule has 4 aromatic rings. The van der Waals surface area contributed by atoms with Crippen molar-refractivity contribution in [1.82, 2.24) is 14.8 Å². The van der Waals surface area contributed by atoms with Gasteiger partial charge in [0.1, 0.15) is 11.5 Å². The maximum absolute atomic E-state index is 13.5. The number of aryl methyl sites for hydroxylation is 2. The summed E-state index contributed by atoms with van der Waals surface area (Å²) in [4.78, 5) is 29.8. The Balaban J connectivity index is 1.86. The molecule has 36 heavy (non-hydrogen) atoms. The van der Waals surface area contributed by atoms with E-state index in [9.17, 15) is 22.8 Å². The summed E-state index contributed by atoms with van der Waals surface area (Å²) in [5, 5.41) is 9.76. The van der Waals surface area contributed by atoms with Crippen LogP contribution in [-0.4, -0.2) is 26.6 Å². The summed E-state index contributed by atoms with van der Waals surface area (Å²) in [6.45, 7) is 8.61. The number of nitrogens with one attached hydrogen (secondary N) is 2. The predicted molar refractivity (Wildman–Crippen MR) is 129 cm³/mol. The van der Waals surface area contributed by atoms with Gasteiger partial charge in [0.05, 0.1) is 39.8 Å². The van der Waals surface area contributed by atoms with Crippen LogP contribution in [0.25, 0.3) is 22.3 Å². The van der Waals surface area contributed by atoms with E-state index < -0.39 is 23.6 Å². The first-order chi connectivity index (χ1) is 16.8. The SMILES string of the molecule is CC(=O)Nc1ccc(C(F)(F)F)cc1NC(=O)c1cc(-c2cc(C)oc2C)nc2c1cnn2C(C)C. The predicted octanol–water partition coefficient (Wildman–Crippen LogP) is 6.12. The second-order valence-corrected chi connectivity index (χ2v) is 8.70. The number of hydrogen-bond acceptors (Lipinski definition) is 5. The summed E-state index contributed by atoms with van der Waals surface area (Å²) < 4.78 is 47.4. The van der Waals surface area contributed by atoms with Crippen LogP contribution in [0.15, 0.2) is 40.9 Å². The van der Waals surface area contributed by atoms with Gasteiger partial charge in [0.25, 0.3) is 5.91 Å². The number of amides is 2. The lowest BCUT2D eigenvalue weighted by Crippen LogP contribution is -2.17. The Hall–Kier alpha value is -4.15. The van der Waals surface area contributed by atoms with E-state index in [1.807, 2.05) is 13.8 Å². The zero-order chi connectivity index (χ0) is 26.4. The number of alkyl halides is 3. The zero-order valence-electron chi connectivity index (χ0n) is 20.2. The number of aromatic nitrogens is 3. The molecule has 1 aromatic carbocycles. The van der Waals surface area contributed by atoms with Crippen molar-refractivity contribution in [2.24, 2.45) is 0 Å². The van der Waals surface area contributed by atoms with Gasteiger partial charge in [-0.3, -0.25) is 9.59 Å². The van der Waals surface area contributed by atoms with E-state index in [0.29, 0.717) is 33.8 Å². The number of anilines is 2. The van der Waals surface area contributed by atoms with Gasteiger partial charge in [-0.25, -0.2) is 9.67 Å². The van der Waals surface area contributed by atoms with Crippen molar-refractivity contribution in [2.75, 3.05) is 10.6 Å². The summed E-state index contributed by atoms with van der Waals surface area (Å²) in [6.07, 6.45) is -3.14. The topological polar surface area (TPSA) is 102 Å². The molecule has 11 heteroatoms. The molecule has 0 unspecified atom stereocenters. The molecule has 8 nitrogen and oxygen atoms in total. The quantitative estimate of drug-likeness (QED) is 0.345. The van der Waals surface area contributed by atoms with Gasteiger partial charge in [-0.1, -0.05) is 0 Å². The van der Waals surface area contributed by atoms with E-state index >= 15 is 0 Å². The molecule has 0 fully saturated rings. The highest BCUT2D eigenvalue weighted by molar-refractivity contribution is 6.14. The monoisotopic (exact) mass is 499 g/mol. The van der Waals surface area contributed by atoms with Crippen molar-refractivity contribution >= 4 is 34.2 Å². The van der Waals surface area contributed by atoms with Crippen LogP contribution >= 0.6 is 0 Å². The normalized spacial score (nSPS) is 11.8. The van der Waals surface area contributed by atoms with E-state index in [2.05, 4.69) is 15.7 Å². The van der Waals surface area contributed by atoms with Gasteiger partial charge in [-0.05, 0) is 58.0 Å². The second kappa shape index (κ2) is 9.14. The molecule has 0 bridgehead atoms. The van der Waals surface area contributed by atoms with Gasteiger partial charge >= 0.3 is 6.18 Å². The van der Waals surface area contributed by atoms with Crippen LogP contribution in [0.3, 0.4) is 0 Å². The Bertz CT molecular complexity index is 1480. The first-order valence-corrected chi connectivity index (χ1v) is 11.1. The first kappa shape index (κ1) is 25.0. The highest BCUT2D eigenvalue weighted by Crippen LogP contribution is 2.35. The Kier molecular flexibility index (Phi) is 6.33. The molecule has 0 aliphatic carbocycles. The van der Waals surface area contributed by atoms with Crippen LogP contribution in [0.2, 0.25) is 0 Å². The number of halogens is 3. The van der Waals surface area contributed by atoms with Gasteiger partial charge in [-0.15, -0.1) is 0 Å². The maximum Gasteiger partial charge on any atom is 0.416 e. The van der Waals surface area contributed by atoms with Crippen molar-refractivity contribution in [2.45, 2.75) is 46.8 Å². The standard InChI is InChI=1S/C25H24F3N5O3/c1-12(2)33-23-19(11-29-33)18(10-21(31-23)17-8-13(3)36-14(17)4)24(35)32-22-9-16(25(26,27)28)6-7-20(22)30-15(5)34/h6-12H,1-5H3,(H,30,34)(H,32,35). The molecular weight excluding hydrogens is 475 g/mol. The molecule has 188 valence electrons. The lowest BCUT2D eigenvalue weighted by molar-refractivity contribution is -0.137. The van der Waals surface area contributed by atoms with Crippen molar-refractivity contribution in [3.05, 3.63) is 59.2 Å². The van der Waals surface area contributed by atoms with Crippen LogP contribution < -0.4 is 10.6 Å². The third-order valence-electron chi connectivity index (χ3n) is 5.52. The fourth-order valence-electron chi connectivity index (χ4n) is 3.92. The van der Waals surface area contributed by atoms with Crippen molar-refractivity contribution in [3.8, 4) is 11.3 Å². The first-order valence-electron chi connectivity index (χ1n) is 11.1. The third kappa shape index (κ3) is 4.81.